The number of aromatic nitrogens is 2. The second-order valence-corrected chi connectivity index (χ2v) is 5.02. The van der Waals surface area contributed by atoms with Crippen molar-refractivity contribution in [2.24, 2.45) is 0 Å². The zero-order valence-corrected chi connectivity index (χ0v) is 12.1. The van der Waals surface area contributed by atoms with Crippen LogP contribution in [0.4, 0.5) is 4.39 Å². The third-order valence-corrected chi connectivity index (χ3v) is 3.43. The molecular weight excluding hydrogens is 269 g/mol. The third kappa shape index (κ3) is 4.70. The van der Waals surface area contributed by atoms with Gasteiger partial charge in [-0.05, 0) is 24.5 Å². The van der Waals surface area contributed by atoms with E-state index >= 15 is 0 Å². The number of hydrogen-bond acceptors (Lipinski definition) is 2. The van der Waals surface area contributed by atoms with Crippen LogP contribution in [-0.4, -0.2) is 21.5 Å². The van der Waals surface area contributed by atoms with E-state index in [9.17, 15) is 9.18 Å². The Balaban J connectivity index is 1.81. The molecule has 1 N–H and O–H groups in total. The van der Waals surface area contributed by atoms with E-state index in [1.807, 2.05) is 17.7 Å². The van der Waals surface area contributed by atoms with Crippen LogP contribution in [-0.2, 0) is 17.8 Å². The van der Waals surface area contributed by atoms with Crippen molar-refractivity contribution < 1.29 is 9.18 Å². The Morgan fingerprint density at radius 3 is 2.90 bits per heavy atom. The van der Waals surface area contributed by atoms with Crippen LogP contribution in [0, 0.1) is 5.82 Å². The van der Waals surface area contributed by atoms with Crippen LogP contribution in [0.25, 0.3) is 0 Å². The number of hydrogen-bond donors (Lipinski definition) is 1. The molecule has 0 spiro atoms. The summed E-state index contributed by atoms with van der Waals surface area (Å²) >= 11 is 0. The van der Waals surface area contributed by atoms with E-state index < -0.39 is 0 Å². The zero-order chi connectivity index (χ0) is 15.1. The zero-order valence-electron chi connectivity index (χ0n) is 12.1. The fraction of sp³-hybridized carbons (Fsp3) is 0.375. The van der Waals surface area contributed by atoms with Gasteiger partial charge >= 0.3 is 0 Å². The highest BCUT2D eigenvalue weighted by Gasteiger charge is 2.11. The first kappa shape index (κ1) is 15.2. The van der Waals surface area contributed by atoms with Crippen molar-refractivity contribution >= 4 is 5.91 Å². The summed E-state index contributed by atoms with van der Waals surface area (Å²) in [5, 5.41) is 2.98. The van der Waals surface area contributed by atoms with Gasteiger partial charge in [-0.25, -0.2) is 9.37 Å². The van der Waals surface area contributed by atoms with Crippen LogP contribution < -0.4 is 5.32 Å². The molecule has 0 unspecified atom stereocenters. The number of nitrogens with zero attached hydrogens (tertiary/aromatic N) is 2. The van der Waals surface area contributed by atoms with Gasteiger partial charge in [0, 0.05) is 31.4 Å². The predicted molar refractivity (Wildman–Crippen MR) is 79.2 cm³/mol. The van der Waals surface area contributed by atoms with E-state index in [0.29, 0.717) is 24.9 Å². The van der Waals surface area contributed by atoms with Crippen molar-refractivity contribution in [1.29, 1.82) is 0 Å². The van der Waals surface area contributed by atoms with Gasteiger partial charge in [-0.1, -0.05) is 25.1 Å². The van der Waals surface area contributed by atoms with Crippen molar-refractivity contribution in [3.8, 4) is 0 Å². The smallest absolute Gasteiger partial charge is 0.220 e. The van der Waals surface area contributed by atoms with Crippen molar-refractivity contribution in [3.63, 3.8) is 0 Å². The average Bonchev–Trinajstić information content (AvgIpc) is 2.98. The van der Waals surface area contributed by atoms with Crippen LogP contribution in [0.15, 0.2) is 43.0 Å². The monoisotopic (exact) mass is 289 g/mol. The lowest BCUT2D eigenvalue weighted by molar-refractivity contribution is -0.121. The van der Waals surface area contributed by atoms with Gasteiger partial charge in [0.05, 0.1) is 6.33 Å². The molecule has 1 atom stereocenters. The molecule has 0 fully saturated rings. The molecule has 1 aromatic carbocycles. The minimum absolute atomic E-state index is 0.0507. The maximum absolute atomic E-state index is 13.5. The Kier molecular flexibility index (Phi) is 5.49. The highest BCUT2D eigenvalue weighted by Crippen LogP contribution is 2.09. The lowest BCUT2D eigenvalue weighted by Gasteiger charge is -2.17. The molecule has 0 radical (unpaired) electrons. The maximum Gasteiger partial charge on any atom is 0.220 e. The molecule has 0 saturated heterocycles. The summed E-state index contributed by atoms with van der Waals surface area (Å²) in [5.41, 5.74) is 0.579. The van der Waals surface area contributed by atoms with Crippen molar-refractivity contribution in [3.05, 3.63) is 54.4 Å². The molecule has 0 aliphatic carbocycles. The number of aryl methyl sites for hydroxylation is 1. The van der Waals surface area contributed by atoms with E-state index in [1.165, 1.54) is 6.07 Å². The molecule has 0 aliphatic heterocycles. The Bertz CT molecular complexity index is 569. The number of rotatable bonds is 7. The first-order valence-corrected chi connectivity index (χ1v) is 7.17. The van der Waals surface area contributed by atoms with Gasteiger partial charge in [0.15, 0.2) is 0 Å². The number of benzene rings is 1. The Morgan fingerprint density at radius 1 is 1.43 bits per heavy atom. The van der Waals surface area contributed by atoms with Crippen LogP contribution in [0.3, 0.4) is 0 Å². The van der Waals surface area contributed by atoms with Gasteiger partial charge < -0.3 is 9.88 Å². The lowest BCUT2D eigenvalue weighted by Crippen LogP contribution is -2.37. The van der Waals surface area contributed by atoms with Gasteiger partial charge in [0.1, 0.15) is 5.82 Å². The molecule has 1 aromatic heterocycles. The Labute approximate surface area is 124 Å². The van der Waals surface area contributed by atoms with Crippen molar-refractivity contribution in [1.82, 2.24) is 14.9 Å². The highest BCUT2D eigenvalue weighted by molar-refractivity contribution is 5.76. The second-order valence-electron chi connectivity index (χ2n) is 5.02. The summed E-state index contributed by atoms with van der Waals surface area (Å²) in [6.07, 6.45) is 6.86. The molecule has 2 rings (SSSR count). The quantitative estimate of drug-likeness (QED) is 0.851. The van der Waals surface area contributed by atoms with Gasteiger partial charge in [0.2, 0.25) is 5.91 Å². The Hall–Kier alpha value is -2.17. The summed E-state index contributed by atoms with van der Waals surface area (Å²) in [6.45, 7) is 2.72. The van der Waals surface area contributed by atoms with Gasteiger partial charge in [-0.3, -0.25) is 4.79 Å². The molecule has 5 heteroatoms. The normalized spacial score (nSPS) is 12.1. The summed E-state index contributed by atoms with van der Waals surface area (Å²) in [7, 11) is 0. The minimum atomic E-state index is -0.254. The summed E-state index contributed by atoms with van der Waals surface area (Å²) < 4.78 is 15.4. The molecule has 2 aromatic rings. The van der Waals surface area contributed by atoms with Crippen molar-refractivity contribution in [2.45, 2.75) is 38.8 Å². The average molecular weight is 289 g/mol. The fourth-order valence-electron chi connectivity index (χ4n) is 2.18. The predicted octanol–water partition coefficient (Wildman–Crippen LogP) is 2.55. The summed E-state index contributed by atoms with van der Waals surface area (Å²) in [4.78, 5) is 15.9. The number of amides is 1. The molecule has 0 bridgehead atoms. The number of nitrogens with one attached hydrogen (secondary N) is 1. The maximum atomic E-state index is 13.5. The van der Waals surface area contributed by atoms with E-state index in [1.54, 1.807) is 30.7 Å². The van der Waals surface area contributed by atoms with Crippen molar-refractivity contribution in [2.75, 3.05) is 0 Å². The highest BCUT2D eigenvalue weighted by atomic mass is 19.1. The van der Waals surface area contributed by atoms with Gasteiger partial charge in [0.25, 0.3) is 0 Å². The lowest BCUT2D eigenvalue weighted by atomic mass is 10.1. The minimum Gasteiger partial charge on any atom is -0.352 e. The summed E-state index contributed by atoms with van der Waals surface area (Å²) in [5.74, 6) is -0.305. The molecule has 0 aliphatic rings. The Morgan fingerprint density at radius 2 is 2.24 bits per heavy atom. The standard InChI is InChI=1S/C16H20FN3O/c1-2-14(11-20-10-9-18-12-20)19-16(21)8-7-13-5-3-4-6-15(13)17/h3-6,9-10,12,14H,2,7-8,11H2,1H3,(H,19,21)/t14-/m1/s1. The molecule has 21 heavy (non-hydrogen) atoms. The molecule has 4 nitrogen and oxygen atoms in total. The van der Waals surface area contributed by atoms with E-state index in [4.69, 9.17) is 0 Å². The first-order valence-electron chi connectivity index (χ1n) is 7.17. The molecule has 1 heterocycles. The molecular formula is C16H20FN3O. The largest absolute Gasteiger partial charge is 0.352 e. The summed E-state index contributed by atoms with van der Waals surface area (Å²) in [6, 6.07) is 6.63. The van der Waals surface area contributed by atoms with Crippen LogP contribution in [0.5, 0.6) is 0 Å². The molecule has 112 valence electrons. The topological polar surface area (TPSA) is 46.9 Å². The molecule has 1 amide bonds. The fourth-order valence-corrected chi connectivity index (χ4v) is 2.18. The second kappa shape index (κ2) is 7.57. The number of imidazole rings is 1. The van der Waals surface area contributed by atoms with E-state index in [0.717, 1.165) is 6.42 Å². The third-order valence-electron chi connectivity index (χ3n) is 3.43. The van der Waals surface area contributed by atoms with Gasteiger partial charge in [-0.2, -0.15) is 0 Å². The van der Waals surface area contributed by atoms with Crippen LogP contribution >= 0.6 is 0 Å². The van der Waals surface area contributed by atoms with Gasteiger partial charge in [-0.15, -0.1) is 0 Å². The van der Waals surface area contributed by atoms with Crippen LogP contribution in [0.1, 0.15) is 25.3 Å². The number of carbonyl (C=O) groups is 1. The molecule has 0 saturated carbocycles. The van der Waals surface area contributed by atoms with E-state index in [-0.39, 0.29) is 17.8 Å². The SMILES string of the molecule is CC[C@H](Cn1ccnc1)NC(=O)CCc1ccccc1F. The number of halogens is 1. The van der Waals surface area contributed by atoms with Crippen LogP contribution in [0.2, 0.25) is 0 Å². The number of carbonyl (C=O) groups excluding carboxylic acids is 1. The van der Waals surface area contributed by atoms with E-state index in [2.05, 4.69) is 10.3 Å². The first-order chi connectivity index (χ1) is 10.2.